The first kappa shape index (κ1) is 28.6. The number of anilines is 1. The smallest absolute Gasteiger partial charge is 0.244 e. The molecule has 10 heteroatoms. The number of likely N-dealkylation sites (N-methyl/N-ethyl adjacent to an activating group) is 1. The van der Waals surface area contributed by atoms with Gasteiger partial charge in [0.1, 0.15) is 24.2 Å². The predicted molar refractivity (Wildman–Crippen MR) is 145 cm³/mol. The number of nitrogens with one attached hydrogen (secondary N) is 1. The molecule has 0 spiro atoms. The molecule has 3 aromatic carbocycles. The van der Waals surface area contributed by atoms with Crippen molar-refractivity contribution < 1.29 is 27.1 Å². The molecule has 0 fully saturated rings. The van der Waals surface area contributed by atoms with Gasteiger partial charge in [0, 0.05) is 19.5 Å². The number of carbonyl (C=O) groups is 2. The molecule has 0 aliphatic rings. The van der Waals surface area contributed by atoms with E-state index in [1.807, 2.05) is 30.3 Å². The fourth-order valence-corrected chi connectivity index (χ4v) is 4.88. The lowest BCUT2D eigenvalue weighted by Gasteiger charge is -2.33. The van der Waals surface area contributed by atoms with Crippen molar-refractivity contribution in [2.45, 2.75) is 25.9 Å². The van der Waals surface area contributed by atoms with E-state index in [0.29, 0.717) is 17.9 Å². The van der Waals surface area contributed by atoms with E-state index in [-0.39, 0.29) is 24.6 Å². The van der Waals surface area contributed by atoms with Gasteiger partial charge in [-0.2, -0.15) is 0 Å². The highest BCUT2D eigenvalue weighted by molar-refractivity contribution is 7.92. The molecule has 202 valence electrons. The first-order chi connectivity index (χ1) is 18.1. The Bertz CT molecular complexity index is 1330. The summed E-state index contributed by atoms with van der Waals surface area (Å²) >= 11 is 0. The fourth-order valence-electron chi connectivity index (χ4n) is 4.03. The van der Waals surface area contributed by atoms with Crippen LogP contribution in [0.2, 0.25) is 0 Å². The molecule has 0 radical (unpaired) electrons. The summed E-state index contributed by atoms with van der Waals surface area (Å²) in [6.45, 7) is 1.60. The molecule has 0 saturated carbocycles. The molecule has 3 aromatic rings. The maximum atomic E-state index is 13.9. The number of hydrogen-bond donors (Lipinski definition) is 1. The third-order valence-corrected chi connectivity index (χ3v) is 7.04. The van der Waals surface area contributed by atoms with Gasteiger partial charge in [-0.1, -0.05) is 42.5 Å². The number of amides is 2. The zero-order chi connectivity index (χ0) is 27.7. The van der Waals surface area contributed by atoms with Crippen LogP contribution in [-0.4, -0.2) is 57.6 Å². The number of halogens is 1. The molecule has 38 heavy (non-hydrogen) atoms. The number of nitrogens with zero attached hydrogens (tertiary/aromatic N) is 2. The van der Waals surface area contributed by atoms with E-state index in [9.17, 15) is 22.4 Å². The van der Waals surface area contributed by atoms with Crippen molar-refractivity contribution >= 4 is 27.5 Å². The highest BCUT2D eigenvalue weighted by atomic mass is 32.2. The Morgan fingerprint density at radius 1 is 0.974 bits per heavy atom. The van der Waals surface area contributed by atoms with Gasteiger partial charge in [-0.15, -0.1) is 0 Å². The summed E-state index contributed by atoms with van der Waals surface area (Å²) in [6, 6.07) is 20.3. The van der Waals surface area contributed by atoms with Crippen LogP contribution < -0.4 is 14.4 Å². The lowest BCUT2D eigenvalue weighted by Crippen LogP contribution is -2.53. The number of methoxy groups -OCH3 is 1. The van der Waals surface area contributed by atoms with Gasteiger partial charge in [0.15, 0.2) is 0 Å². The molecule has 8 nitrogen and oxygen atoms in total. The predicted octanol–water partition coefficient (Wildman–Crippen LogP) is 3.38. The minimum Gasteiger partial charge on any atom is -0.497 e. The van der Waals surface area contributed by atoms with Crippen molar-refractivity contribution in [3.63, 3.8) is 0 Å². The van der Waals surface area contributed by atoms with Crippen molar-refractivity contribution in [1.29, 1.82) is 0 Å². The highest BCUT2D eigenvalue weighted by Crippen LogP contribution is 2.22. The summed E-state index contributed by atoms with van der Waals surface area (Å²) in [6.07, 6.45) is 1.19. The highest BCUT2D eigenvalue weighted by Gasteiger charge is 2.32. The van der Waals surface area contributed by atoms with Crippen molar-refractivity contribution in [1.82, 2.24) is 10.2 Å². The van der Waals surface area contributed by atoms with Crippen LogP contribution in [0.3, 0.4) is 0 Å². The zero-order valence-corrected chi connectivity index (χ0v) is 22.4. The van der Waals surface area contributed by atoms with E-state index in [4.69, 9.17) is 4.74 Å². The number of benzene rings is 3. The summed E-state index contributed by atoms with van der Waals surface area (Å²) in [5, 5.41) is 2.80. The first-order valence-electron chi connectivity index (χ1n) is 12.1. The topological polar surface area (TPSA) is 96.0 Å². The quantitative estimate of drug-likeness (QED) is 0.379. The maximum Gasteiger partial charge on any atom is 0.244 e. The van der Waals surface area contributed by atoms with Crippen molar-refractivity contribution in [3.8, 4) is 5.75 Å². The first-order valence-corrected chi connectivity index (χ1v) is 13.9. The molecular weight excluding hydrogens is 509 g/mol. The van der Waals surface area contributed by atoms with E-state index in [2.05, 4.69) is 5.32 Å². The molecular formula is C28H32FN3O5S. The van der Waals surface area contributed by atoms with Gasteiger partial charge in [0.05, 0.1) is 19.1 Å². The Labute approximate surface area is 223 Å². The van der Waals surface area contributed by atoms with Crippen LogP contribution in [0.25, 0.3) is 0 Å². The van der Waals surface area contributed by atoms with Gasteiger partial charge in [-0.25, -0.2) is 12.8 Å². The molecule has 0 aliphatic heterocycles. The van der Waals surface area contributed by atoms with Gasteiger partial charge in [-0.05, 0) is 54.4 Å². The summed E-state index contributed by atoms with van der Waals surface area (Å²) in [4.78, 5) is 28.6. The number of carbonyl (C=O) groups excluding carboxylic acids is 2. The molecule has 1 unspecified atom stereocenters. The number of hydrogen-bond acceptors (Lipinski definition) is 5. The zero-order valence-electron chi connectivity index (χ0n) is 21.6. The number of ether oxygens (including phenoxy) is 1. The molecule has 1 N–H and O–H groups in total. The monoisotopic (exact) mass is 541 g/mol. The molecule has 3 rings (SSSR count). The molecule has 0 bridgehead atoms. The third-order valence-electron chi connectivity index (χ3n) is 5.90. The van der Waals surface area contributed by atoms with Crippen LogP contribution >= 0.6 is 0 Å². The van der Waals surface area contributed by atoms with Crippen LogP contribution in [0.15, 0.2) is 78.9 Å². The Morgan fingerprint density at radius 2 is 1.63 bits per heavy atom. The third kappa shape index (κ3) is 7.79. The largest absolute Gasteiger partial charge is 0.497 e. The SMILES string of the molecule is CCNC(=O)C(Cc1ccccc1)N(Cc1cccc(OC)c1)C(=O)CN(c1ccc(F)cc1)S(C)(=O)=O. The maximum absolute atomic E-state index is 13.9. The summed E-state index contributed by atoms with van der Waals surface area (Å²) in [7, 11) is -2.39. The van der Waals surface area contributed by atoms with E-state index in [1.54, 1.807) is 31.2 Å². The fraction of sp³-hybridized carbons (Fsp3) is 0.286. The lowest BCUT2D eigenvalue weighted by atomic mass is 10.0. The van der Waals surface area contributed by atoms with Crippen molar-refractivity contribution in [2.24, 2.45) is 0 Å². The Kier molecular flexibility index (Phi) is 9.84. The Hall–Kier alpha value is -3.92. The second-order valence-corrected chi connectivity index (χ2v) is 10.6. The van der Waals surface area contributed by atoms with E-state index >= 15 is 0 Å². The average Bonchev–Trinajstić information content (AvgIpc) is 2.90. The minimum atomic E-state index is -3.92. The van der Waals surface area contributed by atoms with Crippen LogP contribution in [0, 0.1) is 5.82 Å². The van der Waals surface area contributed by atoms with Crippen LogP contribution in [0.5, 0.6) is 5.75 Å². The van der Waals surface area contributed by atoms with Gasteiger partial charge < -0.3 is 15.0 Å². The molecule has 0 aromatic heterocycles. The van der Waals surface area contributed by atoms with Crippen LogP contribution in [0.4, 0.5) is 10.1 Å². The van der Waals surface area contributed by atoms with Gasteiger partial charge in [0.25, 0.3) is 0 Å². The van der Waals surface area contributed by atoms with Crippen molar-refractivity contribution in [2.75, 3.05) is 30.8 Å². The molecule has 0 aliphatic carbocycles. The average molecular weight is 542 g/mol. The van der Waals surface area contributed by atoms with E-state index in [0.717, 1.165) is 28.3 Å². The second-order valence-electron chi connectivity index (χ2n) is 8.72. The molecule has 0 saturated heterocycles. The van der Waals surface area contributed by atoms with E-state index < -0.39 is 34.3 Å². The van der Waals surface area contributed by atoms with Gasteiger partial charge in [0.2, 0.25) is 21.8 Å². The summed E-state index contributed by atoms with van der Waals surface area (Å²) in [5.74, 6) is -0.904. The number of rotatable bonds is 12. The van der Waals surface area contributed by atoms with E-state index in [1.165, 1.54) is 24.1 Å². The van der Waals surface area contributed by atoms with Gasteiger partial charge >= 0.3 is 0 Å². The summed E-state index contributed by atoms with van der Waals surface area (Å²) in [5.41, 5.74) is 1.68. The Morgan fingerprint density at radius 3 is 2.24 bits per heavy atom. The molecule has 0 heterocycles. The van der Waals surface area contributed by atoms with Crippen molar-refractivity contribution in [3.05, 3.63) is 95.8 Å². The van der Waals surface area contributed by atoms with Crippen LogP contribution in [0.1, 0.15) is 18.1 Å². The molecule has 1 atom stereocenters. The summed E-state index contributed by atoms with van der Waals surface area (Å²) < 4.78 is 45.1. The lowest BCUT2D eigenvalue weighted by molar-refractivity contribution is -0.140. The van der Waals surface area contributed by atoms with Gasteiger partial charge in [-0.3, -0.25) is 13.9 Å². The molecule has 2 amide bonds. The van der Waals surface area contributed by atoms with Crippen LogP contribution in [-0.2, 0) is 32.6 Å². The standard InChI is InChI=1S/C28H32FN3O5S/c1-4-30-28(34)26(18-21-9-6-5-7-10-21)31(19-22-11-8-12-25(17-22)37-2)27(33)20-32(38(3,35)36)24-15-13-23(29)14-16-24/h5-17,26H,4,18-20H2,1-3H3,(H,30,34). The number of sulfonamides is 1. The minimum absolute atomic E-state index is 0.0334. The Balaban J connectivity index is 2.04. The normalized spacial score (nSPS) is 11.9. The second kappa shape index (κ2) is 13.0.